The fourth-order valence-electron chi connectivity index (χ4n) is 2.94. The lowest BCUT2D eigenvalue weighted by molar-refractivity contribution is 0.252. The topological polar surface area (TPSA) is 58.4 Å². The number of nitrogens with one attached hydrogen (secondary N) is 2. The number of benzene rings is 2. The Morgan fingerprint density at radius 2 is 2.07 bits per heavy atom. The van der Waals surface area contributed by atoms with Crippen molar-refractivity contribution < 1.29 is 4.79 Å². The van der Waals surface area contributed by atoms with Crippen LogP contribution in [-0.2, 0) is 0 Å². The smallest absolute Gasteiger partial charge is 0.339 e. The van der Waals surface area contributed by atoms with Crippen molar-refractivity contribution >= 4 is 44.8 Å². The van der Waals surface area contributed by atoms with Crippen LogP contribution in [-0.4, -0.2) is 16.8 Å². The highest BCUT2D eigenvalue weighted by atomic mass is 79.9. The highest BCUT2D eigenvalue weighted by Gasteiger charge is 2.10. The number of carbonyl (C=O) groups excluding carboxylic acids is 1. The maximum Gasteiger partial charge on any atom is 0.339 e. The lowest BCUT2D eigenvalue weighted by atomic mass is 10.2. The Hall–Kier alpha value is -2.60. The molecule has 1 heterocycles. The standard InChI is InChI=1S/C21H23BrN4O/c1-4-15(3)26-13-16(18-7-5-6-8-20(18)26)12-23-25-21(27)24-17-9-10-19(22)14(2)11-17/h5-13,15H,4H2,1-3H3,(H2,24,25,27). The SMILES string of the molecule is CCC(C)n1cc(C=NNC(=O)Nc2ccc(Br)c(C)c2)c2ccccc21. The summed E-state index contributed by atoms with van der Waals surface area (Å²) in [4.78, 5) is 12.1. The largest absolute Gasteiger partial charge is 0.344 e. The molecule has 0 saturated carbocycles. The molecule has 0 bridgehead atoms. The molecule has 5 nitrogen and oxygen atoms in total. The Balaban J connectivity index is 1.72. The summed E-state index contributed by atoms with van der Waals surface area (Å²) in [6, 6.07) is 13.9. The Morgan fingerprint density at radius 3 is 2.81 bits per heavy atom. The van der Waals surface area contributed by atoms with Gasteiger partial charge in [-0.05, 0) is 50.1 Å². The van der Waals surface area contributed by atoms with Gasteiger partial charge in [-0.3, -0.25) is 0 Å². The molecular weight excluding hydrogens is 404 g/mol. The molecule has 2 aromatic carbocycles. The van der Waals surface area contributed by atoms with Crippen LogP contribution in [0.1, 0.15) is 37.4 Å². The average molecular weight is 427 g/mol. The molecule has 27 heavy (non-hydrogen) atoms. The van der Waals surface area contributed by atoms with Gasteiger partial charge in [0.1, 0.15) is 0 Å². The molecule has 0 fully saturated rings. The van der Waals surface area contributed by atoms with Gasteiger partial charge in [-0.25, -0.2) is 10.2 Å². The molecule has 0 radical (unpaired) electrons. The molecule has 1 atom stereocenters. The molecule has 0 aliphatic carbocycles. The molecule has 2 amide bonds. The lowest BCUT2D eigenvalue weighted by Crippen LogP contribution is -2.24. The van der Waals surface area contributed by atoms with Gasteiger partial charge in [0.05, 0.1) is 6.21 Å². The third-order valence-corrected chi connectivity index (χ3v) is 5.51. The average Bonchev–Trinajstić information content (AvgIpc) is 3.03. The first kappa shape index (κ1) is 19.2. The number of aryl methyl sites for hydroxylation is 1. The number of hydrogen-bond acceptors (Lipinski definition) is 2. The first-order valence-electron chi connectivity index (χ1n) is 8.95. The lowest BCUT2D eigenvalue weighted by Gasteiger charge is -2.12. The van der Waals surface area contributed by atoms with Crippen molar-refractivity contribution in [1.29, 1.82) is 0 Å². The zero-order chi connectivity index (χ0) is 19.4. The second-order valence-electron chi connectivity index (χ2n) is 6.55. The quantitative estimate of drug-likeness (QED) is 0.390. The van der Waals surface area contributed by atoms with Crippen LogP contribution in [0.3, 0.4) is 0 Å². The van der Waals surface area contributed by atoms with E-state index in [-0.39, 0.29) is 6.03 Å². The van der Waals surface area contributed by atoms with Gasteiger partial charge in [-0.15, -0.1) is 0 Å². The summed E-state index contributed by atoms with van der Waals surface area (Å²) in [7, 11) is 0. The summed E-state index contributed by atoms with van der Waals surface area (Å²) in [6.07, 6.45) is 4.82. The van der Waals surface area contributed by atoms with Crippen LogP contribution in [0.2, 0.25) is 0 Å². The van der Waals surface area contributed by atoms with E-state index in [4.69, 9.17) is 0 Å². The molecule has 1 aromatic heterocycles. The second-order valence-corrected chi connectivity index (χ2v) is 7.41. The van der Waals surface area contributed by atoms with Gasteiger partial charge in [0, 0.05) is 38.9 Å². The van der Waals surface area contributed by atoms with Crippen LogP contribution in [0.4, 0.5) is 10.5 Å². The third-order valence-electron chi connectivity index (χ3n) is 4.62. The first-order chi connectivity index (χ1) is 13.0. The number of aromatic nitrogens is 1. The molecule has 0 aliphatic heterocycles. The summed E-state index contributed by atoms with van der Waals surface area (Å²) in [5.74, 6) is 0. The highest BCUT2D eigenvalue weighted by molar-refractivity contribution is 9.10. The predicted octanol–water partition coefficient (Wildman–Crippen LogP) is 5.84. The number of anilines is 1. The van der Waals surface area contributed by atoms with E-state index in [0.29, 0.717) is 6.04 Å². The molecule has 0 saturated heterocycles. The molecule has 3 aromatic rings. The van der Waals surface area contributed by atoms with E-state index in [9.17, 15) is 4.79 Å². The second kappa shape index (κ2) is 8.39. The van der Waals surface area contributed by atoms with Crippen LogP contribution in [0.15, 0.2) is 58.2 Å². The van der Waals surface area contributed by atoms with Crippen LogP contribution in [0, 0.1) is 6.92 Å². The van der Waals surface area contributed by atoms with E-state index in [1.54, 1.807) is 6.21 Å². The van der Waals surface area contributed by atoms with Crippen LogP contribution >= 0.6 is 15.9 Å². The molecule has 6 heteroatoms. The molecule has 1 unspecified atom stereocenters. The summed E-state index contributed by atoms with van der Waals surface area (Å²) >= 11 is 3.45. The number of urea groups is 1. The van der Waals surface area contributed by atoms with Gasteiger partial charge in [-0.2, -0.15) is 5.10 Å². The van der Waals surface area contributed by atoms with E-state index in [1.165, 1.54) is 5.52 Å². The molecular formula is C21H23BrN4O. The summed E-state index contributed by atoms with van der Waals surface area (Å²) in [6.45, 7) is 6.33. The Bertz CT molecular complexity index is 993. The van der Waals surface area contributed by atoms with Crippen molar-refractivity contribution in [3.63, 3.8) is 0 Å². The van der Waals surface area contributed by atoms with Gasteiger partial charge in [0.25, 0.3) is 0 Å². The number of fused-ring (bicyclic) bond motifs is 1. The number of amides is 2. The fourth-order valence-corrected chi connectivity index (χ4v) is 3.18. The number of nitrogens with zero attached hydrogens (tertiary/aromatic N) is 2. The summed E-state index contributed by atoms with van der Waals surface area (Å²) < 4.78 is 3.26. The van der Waals surface area contributed by atoms with Gasteiger partial charge in [0.2, 0.25) is 0 Å². The number of rotatable bonds is 5. The number of para-hydroxylation sites is 1. The van der Waals surface area contributed by atoms with Crippen LogP contribution in [0.25, 0.3) is 10.9 Å². The molecule has 140 valence electrons. The zero-order valence-corrected chi connectivity index (χ0v) is 17.2. The third kappa shape index (κ3) is 4.39. The van der Waals surface area contributed by atoms with Gasteiger partial charge >= 0.3 is 6.03 Å². The number of halogens is 1. The Morgan fingerprint density at radius 1 is 1.30 bits per heavy atom. The first-order valence-corrected chi connectivity index (χ1v) is 9.74. The predicted molar refractivity (Wildman–Crippen MR) is 116 cm³/mol. The maximum absolute atomic E-state index is 12.1. The van der Waals surface area contributed by atoms with E-state index in [1.807, 2.05) is 37.3 Å². The van der Waals surface area contributed by atoms with Crippen molar-refractivity contribution in [3.05, 3.63) is 64.3 Å². The normalized spacial score (nSPS) is 12.4. The highest BCUT2D eigenvalue weighted by Crippen LogP contribution is 2.25. The molecule has 0 spiro atoms. The van der Waals surface area contributed by atoms with E-state index in [0.717, 1.165) is 33.1 Å². The number of carbonyl (C=O) groups is 1. The Labute approximate surface area is 167 Å². The maximum atomic E-state index is 12.1. The van der Waals surface area contributed by atoms with Gasteiger partial charge in [-0.1, -0.05) is 41.1 Å². The monoisotopic (exact) mass is 426 g/mol. The van der Waals surface area contributed by atoms with Crippen molar-refractivity contribution in [2.45, 2.75) is 33.2 Å². The van der Waals surface area contributed by atoms with Gasteiger partial charge < -0.3 is 9.88 Å². The summed E-state index contributed by atoms with van der Waals surface area (Å²) in [5, 5.41) is 8.01. The Kier molecular flexibility index (Phi) is 5.96. The fraction of sp³-hybridized carbons (Fsp3) is 0.238. The molecule has 0 aliphatic rings. The minimum atomic E-state index is -0.376. The number of hydrazone groups is 1. The van der Waals surface area contributed by atoms with Gasteiger partial charge in [0.15, 0.2) is 0 Å². The van der Waals surface area contributed by atoms with E-state index >= 15 is 0 Å². The van der Waals surface area contributed by atoms with Crippen molar-refractivity contribution in [3.8, 4) is 0 Å². The number of hydrogen-bond donors (Lipinski definition) is 2. The van der Waals surface area contributed by atoms with E-state index < -0.39 is 0 Å². The van der Waals surface area contributed by atoms with Crippen molar-refractivity contribution in [2.75, 3.05) is 5.32 Å². The molecule has 2 N–H and O–H groups in total. The van der Waals surface area contributed by atoms with Crippen LogP contribution < -0.4 is 10.7 Å². The van der Waals surface area contributed by atoms with Crippen molar-refractivity contribution in [1.82, 2.24) is 9.99 Å². The minimum absolute atomic E-state index is 0.376. The van der Waals surface area contributed by atoms with Crippen molar-refractivity contribution in [2.24, 2.45) is 5.10 Å². The summed E-state index contributed by atoms with van der Waals surface area (Å²) in [5.41, 5.74) is 6.45. The van der Waals surface area contributed by atoms with E-state index in [2.05, 4.69) is 68.5 Å². The molecule has 3 rings (SSSR count). The van der Waals surface area contributed by atoms with Crippen LogP contribution in [0.5, 0.6) is 0 Å². The zero-order valence-electron chi connectivity index (χ0n) is 15.7. The minimum Gasteiger partial charge on any atom is -0.344 e.